The molecule has 110 valence electrons. The summed E-state index contributed by atoms with van der Waals surface area (Å²) in [6.45, 7) is 1.89. The summed E-state index contributed by atoms with van der Waals surface area (Å²) in [5, 5.41) is 3.56. The predicted molar refractivity (Wildman–Crippen MR) is 87.6 cm³/mol. The summed E-state index contributed by atoms with van der Waals surface area (Å²) in [5.41, 5.74) is 0.994. The first kappa shape index (κ1) is 15.9. The van der Waals surface area contributed by atoms with Crippen molar-refractivity contribution in [3.05, 3.63) is 63.6 Å². The van der Waals surface area contributed by atoms with Gasteiger partial charge in [-0.05, 0) is 52.7 Å². The molecule has 3 nitrogen and oxygen atoms in total. The van der Waals surface area contributed by atoms with Crippen molar-refractivity contribution >= 4 is 33.4 Å². The molecule has 1 unspecified atom stereocenters. The monoisotopic (exact) mass is 367 g/mol. The highest BCUT2D eigenvalue weighted by Crippen LogP contribution is 2.23. The van der Waals surface area contributed by atoms with Crippen molar-refractivity contribution in [2.24, 2.45) is 0 Å². The zero-order valence-electron chi connectivity index (χ0n) is 11.5. The van der Waals surface area contributed by atoms with Gasteiger partial charge in [0.1, 0.15) is 5.75 Å². The first-order valence-electron chi connectivity index (χ1n) is 6.48. The van der Waals surface area contributed by atoms with Crippen LogP contribution < -0.4 is 10.1 Å². The van der Waals surface area contributed by atoms with Gasteiger partial charge in [0.2, 0.25) is 0 Å². The van der Waals surface area contributed by atoms with E-state index in [1.54, 1.807) is 18.2 Å². The molecule has 0 saturated heterocycles. The molecular weight excluding hydrogens is 354 g/mol. The van der Waals surface area contributed by atoms with E-state index in [2.05, 4.69) is 21.2 Å². The molecular formula is C16H15BrClNO2. The van der Waals surface area contributed by atoms with Gasteiger partial charge in [-0.25, -0.2) is 0 Å². The lowest BCUT2D eigenvalue weighted by Crippen LogP contribution is -2.31. The van der Waals surface area contributed by atoms with Crippen LogP contribution in [0.25, 0.3) is 0 Å². The van der Waals surface area contributed by atoms with Crippen LogP contribution in [0.3, 0.4) is 0 Å². The smallest absolute Gasteiger partial charge is 0.258 e. The molecule has 1 atom stereocenters. The Morgan fingerprint density at radius 3 is 2.57 bits per heavy atom. The van der Waals surface area contributed by atoms with Crippen LogP contribution in [0, 0.1) is 0 Å². The van der Waals surface area contributed by atoms with Gasteiger partial charge in [0, 0.05) is 5.02 Å². The fourth-order valence-electron chi connectivity index (χ4n) is 1.82. The molecule has 0 spiro atoms. The van der Waals surface area contributed by atoms with Crippen LogP contribution >= 0.6 is 27.5 Å². The van der Waals surface area contributed by atoms with E-state index in [9.17, 15) is 4.79 Å². The molecule has 5 heteroatoms. The number of para-hydroxylation sites is 1. The van der Waals surface area contributed by atoms with Crippen LogP contribution in [0.1, 0.15) is 18.5 Å². The molecule has 0 bridgehead atoms. The van der Waals surface area contributed by atoms with Crippen LogP contribution in [0.15, 0.2) is 53.0 Å². The van der Waals surface area contributed by atoms with Gasteiger partial charge in [-0.15, -0.1) is 0 Å². The van der Waals surface area contributed by atoms with Crippen molar-refractivity contribution in [2.45, 2.75) is 13.0 Å². The Kier molecular flexibility index (Phi) is 5.65. The standard InChI is InChI=1S/C16H15BrClNO2/c1-11(12-6-8-13(18)9-7-12)19-16(20)10-21-15-5-3-2-4-14(15)17/h2-9,11H,10H2,1H3,(H,19,20). The Bertz CT molecular complexity index is 616. The summed E-state index contributed by atoms with van der Waals surface area (Å²) in [6.07, 6.45) is 0. The number of carbonyl (C=O) groups is 1. The van der Waals surface area contributed by atoms with Gasteiger partial charge < -0.3 is 10.1 Å². The lowest BCUT2D eigenvalue weighted by molar-refractivity contribution is -0.123. The number of halogens is 2. The molecule has 1 N–H and O–H groups in total. The molecule has 2 aromatic carbocycles. The highest BCUT2D eigenvalue weighted by Gasteiger charge is 2.10. The van der Waals surface area contributed by atoms with Crippen LogP contribution in [0.2, 0.25) is 5.02 Å². The largest absolute Gasteiger partial charge is 0.483 e. The normalized spacial score (nSPS) is 11.8. The number of carbonyl (C=O) groups excluding carboxylic acids is 1. The molecule has 0 aromatic heterocycles. The van der Waals surface area contributed by atoms with Crippen molar-refractivity contribution in [3.8, 4) is 5.75 Å². The Labute approximate surface area is 137 Å². The van der Waals surface area contributed by atoms with Gasteiger partial charge in [0.25, 0.3) is 5.91 Å². The molecule has 0 saturated carbocycles. The lowest BCUT2D eigenvalue weighted by Gasteiger charge is -2.15. The van der Waals surface area contributed by atoms with E-state index >= 15 is 0 Å². The third-order valence-electron chi connectivity index (χ3n) is 2.94. The molecule has 0 radical (unpaired) electrons. The minimum atomic E-state index is -0.173. The average molecular weight is 369 g/mol. The molecule has 21 heavy (non-hydrogen) atoms. The van der Waals surface area contributed by atoms with Crippen molar-refractivity contribution < 1.29 is 9.53 Å². The molecule has 0 heterocycles. The van der Waals surface area contributed by atoms with Crippen molar-refractivity contribution in [1.82, 2.24) is 5.32 Å². The SMILES string of the molecule is CC(NC(=O)COc1ccccc1Br)c1ccc(Cl)cc1. The second-order valence-corrected chi connectivity index (χ2v) is 5.85. The maximum Gasteiger partial charge on any atom is 0.258 e. The number of ether oxygens (including phenoxy) is 1. The summed E-state index contributed by atoms with van der Waals surface area (Å²) >= 11 is 9.21. The van der Waals surface area contributed by atoms with Crippen molar-refractivity contribution in [3.63, 3.8) is 0 Å². The van der Waals surface area contributed by atoms with Gasteiger partial charge in [-0.3, -0.25) is 4.79 Å². The summed E-state index contributed by atoms with van der Waals surface area (Å²) in [7, 11) is 0. The fraction of sp³-hybridized carbons (Fsp3) is 0.188. The van der Waals surface area contributed by atoms with Crippen LogP contribution in [0.5, 0.6) is 5.75 Å². The minimum Gasteiger partial charge on any atom is -0.483 e. The summed E-state index contributed by atoms with van der Waals surface area (Å²) in [5.74, 6) is 0.472. The molecule has 0 aliphatic rings. The molecule has 1 amide bonds. The number of hydrogen-bond donors (Lipinski definition) is 1. The highest BCUT2D eigenvalue weighted by molar-refractivity contribution is 9.10. The van der Waals surface area contributed by atoms with Gasteiger partial charge >= 0.3 is 0 Å². The van der Waals surface area contributed by atoms with E-state index in [-0.39, 0.29) is 18.6 Å². The van der Waals surface area contributed by atoms with E-state index in [0.717, 1.165) is 10.0 Å². The van der Waals surface area contributed by atoms with Crippen molar-refractivity contribution in [2.75, 3.05) is 6.61 Å². The Morgan fingerprint density at radius 1 is 1.24 bits per heavy atom. The van der Waals surface area contributed by atoms with Crippen LogP contribution in [-0.2, 0) is 4.79 Å². The number of benzene rings is 2. The Balaban J connectivity index is 1.87. The maximum absolute atomic E-state index is 11.9. The average Bonchev–Trinajstić information content (AvgIpc) is 2.47. The number of amides is 1. The third-order valence-corrected chi connectivity index (χ3v) is 3.85. The topological polar surface area (TPSA) is 38.3 Å². The van der Waals surface area contributed by atoms with Gasteiger partial charge in [-0.2, -0.15) is 0 Å². The third kappa shape index (κ3) is 4.76. The fourth-order valence-corrected chi connectivity index (χ4v) is 2.35. The molecule has 2 aromatic rings. The predicted octanol–water partition coefficient (Wildman–Crippen LogP) is 4.36. The van der Waals surface area contributed by atoms with Gasteiger partial charge in [-0.1, -0.05) is 35.9 Å². The van der Waals surface area contributed by atoms with Gasteiger partial charge in [0.15, 0.2) is 6.61 Å². The zero-order valence-corrected chi connectivity index (χ0v) is 13.8. The van der Waals surface area contributed by atoms with Crippen molar-refractivity contribution in [1.29, 1.82) is 0 Å². The Morgan fingerprint density at radius 2 is 1.90 bits per heavy atom. The lowest BCUT2D eigenvalue weighted by atomic mass is 10.1. The van der Waals surface area contributed by atoms with Crippen LogP contribution in [-0.4, -0.2) is 12.5 Å². The second-order valence-electron chi connectivity index (χ2n) is 4.56. The summed E-state index contributed by atoms with van der Waals surface area (Å²) < 4.78 is 6.30. The van der Waals surface area contributed by atoms with E-state index in [1.165, 1.54) is 0 Å². The molecule has 0 aliphatic carbocycles. The van der Waals surface area contributed by atoms with E-state index < -0.39 is 0 Å². The summed E-state index contributed by atoms with van der Waals surface area (Å²) in [6, 6.07) is 14.7. The first-order chi connectivity index (χ1) is 10.1. The minimum absolute atomic E-state index is 0.0272. The first-order valence-corrected chi connectivity index (χ1v) is 7.65. The summed E-state index contributed by atoms with van der Waals surface area (Å²) in [4.78, 5) is 11.9. The Hall–Kier alpha value is -1.52. The number of hydrogen-bond acceptors (Lipinski definition) is 2. The second kappa shape index (κ2) is 7.48. The zero-order chi connectivity index (χ0) is 15.2. The number of rotatable bonds is 5. The quantitative estimate of drug-likeness (QED) is 0.851. The highest BCUT2D eigenvalue weighted by atomic mass is 79.9. The van der Waals surface area contributed by atoms with E-state index in [4.69, 9.17) is 16.3 Å². The maximum atomic E-state index is 11.9. The van der Waals surface area contributed by atoms with Crippen LogP contribution in [0.4, 0.5) is 0 Å². The van der Waals surface area contributed by atoms with E-state index in [1.807, 2.05) is 37.3 Å². The van der Waals surface area contributed by atoms with Gasteiger partial charge in [0.05, 0.1) is 10.5 Å². The number of nitrogens with one attached hydrogen (secondary N) is 1. The molecule has 0 aliphatic heterocycles. The molecule has 2 rings (SSSR count). The molecule has 0 fully saturated rings. The van der Waals surface area contributed by atoms with E-state index in [0.29, 0.717) is 10.8 Å².